The molecule has 140 valence electrons. The second kappa shape index (κ2) is 8.23. The minimum absolute atomic E-state index is 0.267. The van der Waals surface area contributed by atoms with E-state index in [0.717, 1.165) is 47.0 Å². The summed E-state index contributed by atoms with van der Waals surface area (Å²) in [4.78, 5) is 9.37. The van der Waals surface area contributed by atoms with Crippen LogP contribution in [0.2, 0.25) is 0 Å². The van der Waals surface area contributed by atoms with Gasteiger partial charge in [0.1, 0.15) is 23.9 Å². The van der Waals surface area contributed by atoms with Gasteiger partial charge in [-0.15, -0.1) is 0 Å². The maximum Gasteiger partial charge on any atom is 0.151 e. The number of hydrogen-bond acceptors (Lipinski definition) is 6. The van der Waals surface area contributed by atoms with Crippen LogP contribution in [-0.2, 0) is 4.74 Å². The summed E-state index contributed by atoms with van der Waals surface area (Å²) in [5, 5.41) is 2.95. The third-order valence-electron chi connectivity index (χ3n) is 4.03. The number of hydrazine groups is 1. The highest BCUT2D eigenvalue weighted by atomic mass is 16.5. The van der Waals surface area contributed by atoms with Crippen LogP contribution in [0.25, 0.3) is 10.9 Å². The van der Waals surface area contributed by atoms with Gasteiger partial charge in [0, 0.05) is 43.6 Å². The summed E-state index contributed by atoms with van der Waals surface area (Å²) in [5.74, 6) is 3.33. The Morgan fingerprint density at radius 3 is 2.81 bits per heavy atom. The van der Waals surface area contributed by atoms with E-state index < -0.39 is 0 Å². The first kappa shape index (κ1) is 18.3. The number of ether oxygens (including phenoxy) is 3. The van der Waals surface area contributed by atoms with Crippen molar-refractivity contribution >= 4 is 22.6 Å². The number of aliphatic imine (C=N–C) groups is 1. The minimum Gasteiger partial charge on any atom is -0.496 e. The molecule has 1 aliphatic rings. The highest BCUT2D eigenvalue weighted by molar-refractivity contribution is 5.90. The van der Waals surface area contributed by atoms with E-state index in [9.17, 15) is 0 Å². The van der Waals surface area contributed by atoms with Crippen molar-refractivity contribution in [2.24, 2.45) is 4.99 Å². The number of benzene rings is 1. The number of pyridine rings is 1. The van der Waals surface area contributed by atoms with Crippen LogP contribution >= 0.6 is 0 Å². The maximum absolute atomic E-state index is 5.70. The van der Waals surface area contributed by atoms with Gasteiger partial charge in [-0.25, -0.2) is 4.98 Å². The van der Waals surface area contributed by atoms with E-state index >= 15 is 0 Å². The fourth-order valence-electron chi connectivity index (χ4n) is 2.87. The summed E-state index contributed by atoms with van der Waals surface area (Å²) in [6.07, 6.45) is 0.875. The van der Waals surface area contributed by atoms with Crippen LogP contribution in [0.3, 0.4) is 0 Å². The first-order chi connectivity index (χ1) is 12.6. The molecule has 0 aliphatic carbocycles. The summed E-state index contributed by atoms with van der Waals surface area (Å²) in [6.45, 7) is 6.00. The molecule has 0 radical (unpaired) electrons. The molecular formula is C19H26N4O3. The van der Waals surface area contributed by atoms with Crippen LogP contribution < -0.4 is 19.9 Å². The van der Waals surface area contributed by atoms with Crippen molar-refractivity contribution < 1.29 is 14.2 Å². The SMILES string of the molecule is COCCOc1ccc2c(OC)cc(N3CCC(=NC(C)C)N3)nc2c1. The molecule has 1 fully saturated rings. The summed E-state index contributed by atoms with van der Waals surface area (Å²) in [5.41, 5.74) is 4.15. The Bertz CT molecular complexity index is 792. The van der Waals surface area contributed by atoms with Gasteiger partial charge < -0.3 is 14.2 Å². The molecule has 2 aromatic rings. The number of rotatable bonds is 7. The molecule has 0 saturated carbocycles. The predicted octanol–water partition coefficient (Wildman–Crippen LogP) is 2.79. The largest absolute Gasteiger partial charge is 0.496 e. The van der Waals surface area contributed by atoms with Gasteiger partial charge in [0.05, 0.1) is 19.2 Å². The predicted molar refractivity (Wildman–Crippen MR) is 103 cm³/mol. The van der Waals surface area contributed by atoms with Crippen molar-refractivity contribution in [3.8, 4) is 11.5 Å². The fourth-order valence-corrected chi connectivity index (χ4v) is 2.87. The van der Waals surface area contributed by atoms with Gasteiger partial charge in [-0.3, -0.25) is 15.4 Å². The molecule has 2 heterocycles. The molecule has 0 bridgehead atoms. The lowest BCUT2D eigenvalue weighted by atomic mass is 10.2. The monoisotopic (exact) mass is 358 g/mol. The second-order valence-electron chi connectivity index (χ2n) is 6.39. The van der Waals surface area contributed by atoms with Gasteiger partial charge in [-0.2, -0.15) is 0 Å². The number of nitrogens with zero attached hydrogens (tertiary/aromatic N) is 3. The summed E-state index contributed by atoms with van der Waals surface area (Å²) in [6, 6.07) is 8.03. The zero-order valence-corrected chi connectivity index (χ0v) is 15.8. The van der Waals surface area contributed by atoms with Gasteiger partial charge in [-0.1, -0.05) is 0 Å². The molecule has 1 aromatic carbocycles. The Kier molecular flexibility index (Phi) is 5.78. The Labute approximate surface area is 153 Å². The molecular weight excluding hydrogens is 332 g/mol. The molecule has 0 unspecified atom stereocenters. The van der Waals surface area contributed by atoms with Gasteiger partial charge in [0.25, 0.3) is 0 Å². The smallest absolute Gasteiger partial charge is 0.151 e. The van der Waals surface area contributed by atoms with E-state index in [-0.39, 0.29) is 6.04 Å². The molecule has 0 spiro atoms. The quantitative estimate of drug-likeness (QED) is 0.768. The molecule has 0 atom stereocenters. The molecule has 1 saturated heterocycles. The van der Waals surface area contributed by atoms with E-state index in [1.165, 1.54) is 0 Å². The van der Waals surface area contributed by atoms with Crippen LogP contribution in [0.4, 0.5) is 5.82 Å². The van der Waals surface area contributed by atoms with Crippen LogP contribution in [0.15, 0.2) is 29.3 Å². The van der Waals surface area contributed by atoms with Gasteiger partial charge >= 0.3 is 0 Å². The van der Waals surface area contributed by atoms with Gasteiger partial charge in [0.15, 0.2) is 5.82 Å². The maximum atomic E-state index is 5.70. The average molecular weight is 358 g/mol. The minimum atomic E-state index is 0.267. The van der Waals surface area contributed by atoms with Crippen LogP contribution in [-0.4, -0.2) is 50.8 Å². The van der Waals surface area contributed by atoms with E-state index in [1.807, 2.05) is 29.3 Å². The van der Waals surface area contributed by atoms with E-state index in [0.29, 0.717) is 13.2 Å². The van der Waals surface area contributed by atoms with Crippen LogP contribution in [0, 0.1) is 0 Å². The Balaban J connectivity index is 1.88. The zero-order chi connectivity index (χ0) is 18.5. The number of aromatic nitrogens is 1. The normalized spacial score (nSPS) is 15.7. The number of fused-ring (bicyclic) bond motifs is 1. The molecule has 3 rings (SSSR count). The molecule has 26 heavy (non-hydrogen) atoms. The Hall–Kier alpha value is -2.54. The lowest BCUT2D eigenvalue weighted by Gasteiger charge is -2.19. The van der Waals surface area contributed by atoms with Crippen molar-refractivity contribution in [3.05, 3.63) is 24.3 Å². The van der Waals surface area contributed by atoms with Crippen molar-refractivity contribution in [1.29, 1.82) is 0 Å². The second-order valence-corrected chi connectivity index (χ2v) is 6.39. The summed E-state index contributed by atoms with van der Waals surface area (Å²) in [7, 11) is 3.33. The van der Waals surface area contributed by atoms with E-state index in [1.54, 1.807) is 14.2 Å². The van der Waals surface area contributed by atoms with Crippen molar-refractivity contribution in [3.63, 3.8) is 0 Å². The molecule has 7 heteroatoms. The number of anilines is 1. The molecule has 1 aliphatic heterocycles. The van der Waals surface area contributed by atoms with Crippen molar-refractivity contribution in [1.82, 2.24) is 10.4 Å². The molecule has 1 aromatic heterocycles. The lowest BCUT2D eigenvalue weighted by molar-refractivity contribution is 0.146. The molecule has 7 nitrogen and oxygen atoms in total. The summed E-state index contributed by atoms with van der Waals surface area (Å²) < 4.78 is 16.3. The Morgan fingerprint density at radius 1 is 1.23 bits per heavy atom. The first-order valence-electron chi connectivity index (χ1n) is 8.82. The Morgan fingerprint density at radius 2 is 2.08 bits per heavy atom. The number of hydrogen-bond donors (Lipinski definition) is 1. The van der Waals surface area contributed by atoms with Crippen LogP contribution in [0.1, 0.15) is 20.3 Å². The van der Waals surface area contributed by atoms with E-state index in [4.69, 9.17) is 19.2 Å². The highest BCUT2D eigenvalue weighted by Gasteiger charge is 2.20. The third-order valence-corrected chi connectivity index (χ3v) is 4.03. The zero-order valence-electron chi connectivity index (χ0n) is 15.8. The van der Waals surface area contributed by atoms with Gasteiger partial charge in [0.2, 0.25) is 0 Å². The highest BCUT2D eigenvalue weighted by Crippen LogP contribution is 2.31. The van der Waals surface area contributed by atoms with E-state index in [2.05, 4.69) is 24.3 Å². The van der Waals surface area contributed by atoms with Crippen molar-refractivity contribution in [2.45, 2.75) is 26.3 Å². The van der Waals surface area contributed by atoms with Crippen molar-refractivity contribution in [2.75, 3.05) is 39.0 Å². The number of methoxy groups -OCH3 is 2. The lowest BCUT2D eigenvalue weighted by Crippen LogP contribution is -2.34. The molecule has 1 N–H and O–H groups in total. The summed E-state index contributed by atoms with van der Waals surface area (Å²) >= 11 is 0. The standard InChI is InChI=1S/C19H26N4O3/c1-13(2)20-18-7-8-23(22-18)19-12-17(25-4)15-6-5-14(11-16(15)21-19)26-10-9-24-3/h5-6,11-13H,7-10H2,1-4H3,(H,20,22). The first-order valence-corrected chi connectivity index (χ1v) is 8.82. The molecule has 0 amide bonds. The topological polar surface area (TPSA) is 68.2 Å². The number of nitrogens with one attached hydrogen (secondary N) is 1. The average Bonchev–Trinajstić information content (AvgIpc) is 3.08. The fraction of sp³-hybridized carbons (Fsp3) is 0.474. The van der Waals surface area contributed by atoms with Crippen LogP contribution in [0.5, 0.6) is 11.5 Å². The third kappa shape index (κ3) is 4.16. The van der Waals surface area contributed by atoms with Gasteiger partial charge in [-0.05, 0) is 26.0 Å². The number of amidine groups is 1.